The SMILES string of the molecule is COc1cc(NS(=O)(=O)CCO)c(Br)cc1Br. The molecule has 96 valence electrons. The first-order valence-electron chi connectivity index (χ1n) is 4.54. The smallest absolute Gasteiger partial charge is 0.235 e. The van der Waals surface area contributed by atoms with Crippen molar-refractivity contribution in [3.05, 3.63) is 21.1 Å². The number of ether oxygens (including phenoxy) is 1. The predicted octanol–water partition coefficient (Wildman–Crippen LogP) is 1.95. The molecule has 17 heavy (non-hydrogen) atoms. The summed E-state index contributed by atoms with van der Waals surface area (Å²) in [6.45, 7) is -0.430. The summed E-state index contributed by atoms with van der Waals surface area (Å²) in [7, 11) is -2.06. The van der Waals surface area contributed by atoms with Gasteiger partial charge in [0.1, 0.15) is 5.75 Å². The third-order valence-corrected chi connectivity index (χ3v) is 4.39. The number of hydrogen-bond acceptors (Lipinski definition) is 4. The lowest BCUT2D eigenvalue weighted by Crippen LogP contribution is -2.19. The molecule has 0 atom stereocenters. The van der Waals surface area contributed by atoms with Crippen molar-refractivity contribution in [3.63, 3.8) is 0 Å². The van der Waals surface area contributed by atoms with Crippen LogP contribution >= 0.6 is 31.9 Å². The van der Waals surface area contributed by atoms with E-state index in [0.717, 1.165) is 0 Å². The number of sulfonamides is 1. The van der Waals surface area contributed by atoms with Gasteiger partial charge in [-0.2, -0.15) is 0 Å². The molecule has 1 aromatic carbocycles. The highest BCUT2D eigenvalue weighted by molar-refractivity contribution is 9.11. The fourth-order valence-corrected chi connectivity index (χ4v) is 3.34. The highest BCUT2D eigenvalue weighted by atomic mass is 79.9. The Bertz CT molecular complexity index is 504. The van der Waals surface area contributed by atoms with Gasteiger partial charge in [0.15, 0.2) is 0 Å². The highest BCUT2D eigenvalue weighted by Crippen LogP contribution is 2.34. The molecule has 0 radical (unpaired) electrons. The normalized spacial score (nSPS) is 11.3. The van der Waals surface area contributed by atoms with Crippen molar-refractivity contribution in [2.45, 2.75) is 0 Å². The fourth-order valence-electron chi connectivity index (χ4n) is 1.10. The monoisotopic (exact) mass is 387 g/mol. The topological polar surface area (TPSA) is 75.6 Å². The maximum atomic E-state index is 11.5. The number of hydrogen-bond donors (Lipinski definition) is 2. The number of nitrogens with one attached hydrogen (secondary N) is 1. The summed E-state index contributed by atoms with van der Waals surface area (Å²) >= 11 is 6.52. The Balaban J connectivity index is 3.07. The lowest BCUT2D eigenvalue weighted by Gasteiger charge is -2.11. The van der Waals surface area contributed by atoms with Crippen LogP contribution in [0.2, 0.25) is 0 Å². The lowest BCUT2D eigenvalue weighted by molar-refractivity contribution is 0.320. The van der Waals surface area contributed by atoms with Gasteiger partial charge in [0.2, 0.25) is 10.0 Å². The fraction of sp³-hybridized carbons (Fsp3) is 0.333. The molecule has 0 aliphatic rings. The molecule has 0 spiro atoms. The molecule has 0 saturated carbocycles. The predicted molar refractivity (Wildman–Crippen MR) is 72.9 cm³/mol. The van der Waals surface area contributed by atoms with Crippen LogP contribution in [-0.4, -0.2) is 33.0 Å². The molecule has 0 heterocycles. The molecular weight excluding hydrogens is 378 g/mol. The zero-order valence-electron chi connectivity index (χ0n) is 8.91. The van der Waals surface area contributed by atoms with Crippen molar-refractivity contribution in [2.75, 3.05) is 24.2 Å². The van der Waals surface area contributed by atoms with E-state index in [0.29, 0.717) is 20.4 Å². The maximum absolute atomic E-state index is 11.5. The summed E-state index contributed by atoms with van der Waals surface area (Å²) in [6, 6.07) is 3.22. The first-order valence-corrected chi connectivity index (χ1v) is 7.78. The number of aliphatic hydroxyl groups excluding tert-OH is 1. The molecule has 0 aliphatic heterocycles. The van der Waals surface area contributed by atoms with Gasteiger partial charge < -0.3 is 9.84 Å². The van der Waals surface area contributed by atoms with Crippen LogP contribution in [0.3, 0.4) is 0 Å². The molecule has 1 aromatic rings. The van der Waals surface area contributed by atoms with Gasteiger partial charge in [-0.15, -0.1) is 0 Å². The van der Waals surface area contributed by atoms with Crippen molar-refractivity contribution in [3.8, 4) is 5.75 Å². The van der Waals surface area contributed by atoms with Crippen molar-refractivity contribution >= 4 is 47.6 Å². The first-order chi connectivity index (χ1) is 7.89. The lowest BCUT2D eigenvalue weighted by atomic mass is 10.3. The third kappa shape index (κ3) is 4.13. The van der Waals surface area contributed by atoms with E-state index < -0.39 is 16.6 Å². The van der Waals surface area contributed by atoms with Crippen LogP contribution in [-0.2, 0) is 10.0 Å². The molecule has 1 rings (SSSR count). The molecule has 0 fully saturated rings. The Hall–Kier alpha value is -0.310. The van der Waals surface area contributed by atoms with Crippen LogP contribution in [0.4, 0.5) is 5.69 Å². The summed E-state index contributed by atoms with van der Waals surface area (Å²) in [5, 5.41) is 8.63. The summed E-state index contributed by atoms with van der Waals surface area (Å²) in [5.74, 6) is 0.160. The van der Waals surface area contributed by atoms with Gasteiger partial charge in [0, 0.05) is 10.5 Å². The number of aliphatic hydroxyl groups is 1. The van der Waals surface area contributed by atoms with Gasteiger partial charge in [-0.25, -0.2) is 8.42 Å². The minimum atomic E-state index is -3.55. The highest BCUT2D eigenvalue weighted by Gasteiger charge is 2.14. The van der Waals surface area contributed by atoms with Gasteiger partial charge in [-0.1, -0.05) is 0 Å². The molecule has 0 bridgehead atoms. The van der Waals surface area contributed by atoms with E-state index in [9.17, 15) is 8.42 Å². The quantitative estimate of drug-likeness (QED) is 0.808. The Morgan fingerprint density at radius 1 is 1.35 bits per heavy atom. The Morgan fingerprint density at radius 3 is 2.53 bits per heavy atom. The average Bonchev–Trinajstić information content (AvgIpc) is 2.21. The van der Waals surface area contributed by atoms with Crippen molar-refractivity contribution in [1.82, 2.24) is 0 Å². The number of rotatable bonds is 5. The van der Waals surface area contributed by atoms with E-state index in [-0.39, 0.29) is 5.75 Å². The van der Waals surface area contributed by atoms with E-state index in [4.69, 9.17) is 9.84 Å². The van der Waals surface area contributed by atoms with Crippen LogP contribution in [0.25, 0.3) is 0 Å². The third-order valence-electron chi connectivity index (χ3n) is 1.87. The second-order valence-corrected chi connectivity index (χ2v) is 6.66. The van der Waals surface area contributed by atoms with E-state index in [1.165, 1.54) is 7.11 Å². The number of methoxy groups -OCH3 is 1. The van der Waals surface area contributed by atoms with Crippen molar-refractivity contribution < 1.29 is 18.3 Å². The van der Waals surface area contributed by atoms with Gasteiger partial charge in [0.05, 0.1) is 29.6 Å². The van der Waals surface area contributed by atoms with Crippen LogP contribution < -0.4 is 9.46 Å². The molecular formula is C9H11Br2NO4S. The minimum Gasteiger partial charge on any atom is -0.495 e. The van der Waals surface area contributed by atoms with E-state index in [1.54, 1.807) is 12.1 Å². The molecule has 2 N–H and O–H groups in total. The molecule has 0 unspecified atom stereocenters. The molecule has 0 saturated heterocycles. The zero-order valence-corrected chi connectivity index (χ0v) is 12.9. The van der Waals surface area contributed by atoms with Crippen LogP contribution in [0, 0.1) is 0 Å². The average molecular weight is 389 g/mol. The number of benzene rings is 1. The minimum absolute atomic E-state index is 0.349. The van der Waals surface area contributed by atoms with Crippen LogP contribution in [0.5, 0.6) is 5.75 Å². The van der Waals surface area contributed by atoms with Gasteiger partial charge in [-0.05, 0) is 37.9 Å². The second kappa shape index (κ2) is 6.03. The zero-order chi connectivity index (χ0) is 13.1. The van der Waals surface area contributed by atoms with Gasteiger partial charge in [0.25, 0.3) is 0 Å². The number of halogens is 2. The van der Waals surface area contributed by atoms with Gasteiger partial charge in [-0.3, -0.25) is 4.72 Å². The van der Waals surface area contributed by atoms with E-state index >= 15 is 0 Å². The summed E-state index contributed by atoms with van der Waals surface area (Å²) < 4.78 is 31.7. The number of anilines is 1. The first kappa shape index (κ1) is 14.7. The molecule has 5 nitrogen and oxygen atoms in total. The van der Waals surface area contributed by atoms with E-state index in [1.807, 2.05) is 0 Å². The summed E-state index contributed by atoms with van der Waals surface area (Å²) in [5.41, 5.74) is 0.360. The maximum Gasteiger partial charge on any atom is 0.235 e. The molecule has 0 amide bonds. The Morgan fingerprint density at radius 2 is 2.00 bits per heavy atom. The van der Waals surface area contributed by atoms with Crippen LogP contribution in [0.1, 0.15) is 0 Å². The molecule has 8 heteroatoms. The standard InChI is InChI=1S/C9H11Br2NO4S/c1-16-9-5-8(6(10)4-7(9)11)12-17(14,15)3-2-13/h4-5,12-13H,2-3H2,1H3. The van der Waals surface area contributed by atoms with Crippen molar-refractivity contribution in [2.24, 2.45) is 0 Å². The molecule has 0 aromatic heterocycles. The van der Waals surface area contributed by atoms with Crippen molar-refractivity contribution in [1.29, 1.82) is 0 Å². The largest absolute Gasteiger partial charge is 0.495 e. The second-order valence-electron chi connectivity index (χ2n) is 3.11. The van der Waals surface area contributed by atoms with Crippen LogP contribution in [0.15, 0.2) is 21.1 Å². The summed E-state index contributed by atoms with van der Waals surface area (Å²) in [6.07, 6.45) is 0. The molecule has 0 aliphatic carbocycles. The summed E-state index contributed by atoms with van der Waals surface area (Å²) in [4.78, 5) is 0. The Kier molecular flexibility index (Phi) is 5.23. The Labute approximate surface area is 116 Å². The van der Waals surface area contributed by atoms with E-state index in [2.05, 4.69) is 36.6 Å². The van der Waals surface area contributed by atoms with Gasteiger partial charge >= 0.3 is 0 Å².